The first-order valence-corrected chi connectivity index (χ1v) is 10.6. The van der Waals surface area contributed by atoms with E-state index in [0.29, 0.717) is 5.75 Å². The van der Waals surface area contributed by atoms with Gasteiger partial charge in [0.05, 0.1) is 22.8 Å². The van der Waals surface area contributed by atoms with Gasteiger partial charge >= 0.3 is 0 Å². The summed E-state index contributed by atoms with van der Waals surface area (Å²) in [5, 5.41) is 7.05. The Kier molecular flexibility index (Phi) is 6.79. The molecule has 146 valence electrons. The number of nitrogens with one attached hydrogen (secondary N) is 1. The molecule has 1 N–H and O–H groups in total. The third-order valence-corrected chi connectivity index (χ3v) is 5.96. The normalized spacial score (nSPS) is 15.1. The molecule has 1 aliphatic rings. The van der Waals surface area contributed by atoms with Crippen LogP contribution in [0, 0.1) is 13.8 Å². The van der Waals surface area contributed by atoms with E-state index in [1.165, 1.54) is 0 Å². The molecule has 0 spiro atoms. The molecule has 2 heterocycles. The number of aryl methyl sites for hydroxylation is 2. The van der Waals surface area contributed by atoms with Crippen molar-refractivity contribution in [1.82, 2.24) is 10.1 Å². The van der Waals surface area contributed by atoms with Gasteiger partial charge in [-0.15, -0.1) is 11.8 Å². The predicted octanol–water partition coefficient (Wildman–Crippen LogP) is 3.31. The van der Waals surface area contributed by atoms with Crippen LogP contribution in [0.2, 0.25) is 0 Å². The lowest BCUT2D eigenvalue weighted by Crippen LogP contribution is -2.46. The van der Waals surface area contributed by atoms with Gasteiger partial charge in [0.15, 0.2) is 0 Å². The van der Waals surface area contributed by atoms with Crippen LogP contribution in [0.5, 0.6) is 0 Å². The number of benzene rings is 1. The van der Waals surface area contributed by atoms with Crippen LogP contribution in [0.1, 0.15) is 23.9 Å². The summed E-state index contributed by atoms with van der Waals surface area (Å²) in [5.41, 5.74) is 3.99. The molecule has 0 aliphatic carbocycles. The molecule has 0 atom stereocenters. The molecule has 1 fully saturated rings. The first kappa shape index (κ1) is 19.8. The quantitative estimate of drug-likeness (QED) is 0.785. The Balaban J connectivity index is 1.55. The molecule has 1 amide bonds. The topological polar surface area (TPSA) is 61.6 Å². The van der Waals surface area contributed by atoms with Gasteiger partial charge in [0, 0.05) is 37.5 Å². The van der Waals surface area contributed by atoms with E-state index < -0.39 is 0 Å². The number of nitrogens with zero attached hydrogens (tertiary/aromatic N) is 3. The molecular weight excluding hydrogens is 360 g/mol. The summed E-state index contributed by atoms with van der Waals surface area (Å²) in [7, 11) is 0. The highest BCUT2D eigenvalue weighted by Gasteiger charge is 2.19. The maximum Gasteiger partial charge on any atom is 0.234 e. The lowest BCUT2D eigenvalue weighted by molar-refractivity contribution is -0.113. The Labute approximate surface area is 165 Å². The zero-order chi connectivity index (χ0) is 19.2. The highest BCUT2D eigenvalue weighted by molar-refractivity contribution is 7.99. The highest BCUT2D eigenvalue weighted by Crippen LogP contribution is 2.27. The van der Waals surface area contributed by atoms with Crippen LogP contribution in [0.15, 0.2) is 28.8 Å². The molecule has 6 nitrogen and oxygen atoms in total. The molecule has 7 heteroatoms. The fraction of sp³-hybridized carbons (Fsp3) is 0.500. The molecule has 1 aromatic carbocycles. The largest absolute Gasteiger partial charge is 0.367 e. The van der Waals surface area contributed by atoms with Crippen LogP contribution < -0.4 is 10.2 Å². The summed E-state index contributed by atoms with van der Waals surface area (Å²) in [6.07, 6.45) is 0. The van der Waals surface area contributed by atoms with Gasteiger partial charge in [0.2, 0.25) is 5.91 Å². The van der Waals surface area contributed by atoms with Gasteiger partial charge in [0.25, 0.3) is 0 Å². The van der Waals surface area contributed by atoms with Crippen LogP contribution in [0.4, 0.5) is 11.4 Å². The Morgan fingerprint density at radius 1 is 1.22 bits per heavy atom. The SMILES string of the molecule is CCN1CCN(c2ccccc2NC(=O)CSCc2c(C)noc2C)CC1. The van der Waals surface area contributed by atoms with E-state index in [-0.39, 0.29) is 5.91 Å². The van der Waals surface area contributed by atoms with Crippen molar-refractivity contribution < 1.29 is 9.32 Å². The van der Waals surface area contributed by atoms with Crippen LogP contribution in [0.3, 0.4) is 0 Å². The molecule has 3 rings (SSSR count). The van der Waals surface area contributed by atoms with Crippen LogP contribution >= 0.6 is 11.8 Å². The standard InChI is InChI=1S/C20H28N4O2S/c1-4-23-9-11-24(12-10-23)19-8-6-5-7-18(19)21-20(25)14-27-13-17-15(2)22-26-16(17)3/h5-8H,4,9-14H2,1-3H3,(H,21,25). The first-order valence-electron chi connectivity index (χ1n) is 9.44. The van der Waals surface area contributed by atoms with Gasteiger partial charge in [-0.3, -0.25) is 4.79 Å². The summed E-state index contributed by atoms with van der Waals surface area (Å²) >= 11 is 1.58. The molecule has 1 aliphatic heterocycles. The number of hydrogen-bond donors (Lipinski definition) is 1. The Bertz CT molecular complexity index is 750. The minimum atomic E-state index is 0.0198. The number of carbonyl (C=O) groups excluding carboxylic acids is 1. The fourth-order valence-electron chi connectivity index (χ4n) is 3.30. The lowest BCUT2D eigenvalue weighted by Gasteiger charge is -2.36. The van der Waals surface area contributed by atoms with Crippen molar-refractivity contribution in [3.63, 3.8) is 0 Å². The van der Waals surface area contributed by atoms with E-state index in [9.17, 15) is 4.79 Å². The van der Waals surface area contributed by atoms with Crippen molar-refractivity contribution in [2.24, 2.45) is 0 Å². The number of carbonyl (C=O) groups is 1. The number of likely N-dealkylation sites (N-methyl/N-ethyl adjacent to an activating group) is 1. The molecule has 2 aromatic rings. The van der Waals surface area contributed by atoms with Gasteiger partial charge in [-0.25, -0.2) is 0 Å². The third kappa shape index (κ3) is 5.05. The van der Waals surface area contributed by atoms with Gasteiger partial charge < -0.3 is 19.6 Å². The Hall–Kier alpha value is -1.99. The van der Waals surface area contributed by atoms with Gasteiger partial charge in [0.1, 0.15) is 5.76 Å². The van der Waals surface area contributed by atoms with Gasteiger partial charge in [-0.1, -0.05) is 24.2 Å². The molecule has 27 heavy (non-hydrogen) atoms. The Morgan fingerprint density at radius 2 is 1.96 bits per heavy atom. The molecule has 0 radical (unpaired) electrons. The van der Waals surface area contributed by atoms with Crippen molar-refractivity contribution in [2.45, 2.75) is 26.5 Å². The van der Waals surface area contributed by atoms with Crippen molar-refractivity contribution >= 4 is 29.0 Å². The predicted molar refractivity (Wildman–Crippen MR) is 112 cm³/mol. The zero-order valence-electron chi connectivity index (χ0n) is 16.3. The molecule has 1 aromatic heterocycles. The molecular formula is C20H28N4O2S. The van der Waals surface area contributed by atoms with Crippen molar-refractivity contribution in [2.75, 3.05) is 48.7 Å². The third-order valence-electron chi connectivity index (χ3n) is 5.00. The summed E-state index contributed by atoms with van der Waals surface area (Å²) in [6.45, 7) is 11.2. The Morgan fingerprint density at radius 3 is 2.63 bits per heavy atom. The van der Waals surface area contributed by atoms with E-state index in [4.69, 9.17) is 4.52 Å². The summed E-state index contributed by atoms with van der Waals surface area (Å²) in [5.74, 6) is 1.99. The maximum atomic E-state index is 12.4. The first-order chi connectivity index (χ1) is 13.1. The van der Waals surface area contributed by atoms with E-state index >= 15 is 0 Å². The summed E-state index contributed by atoms with van der Waals surface area (Å²) in [4.78, 5) is 17.3. The average molecular weight is 389 g/mol. The minimum absolute atomic E-state index is 0.0198. The number of piperazine rings is 1. The zero-order valence-corrected chi connectivity index (χ0v) is 17.1. The summed E-state index contributed by atoms with van der Waals surface area (Å²) in [6, 6.07) is 8.08. The smallest absolute Gasteiger partial charge is 0.234 e. The maximum absolute atomic E-state index is 12.4. The van der Waals surface area contributed by atoms with Crippen molar-refractivity contribution in [3.8, 4) is 0 Å². The lowest BCUT2D eigenvalue weighted by atomic mass is 10.2. The van der Waals surface area contributed by atoms with E-state index in [0.717, 1.165) is 66.9 Å². The van der Waals surface area contributed by atoms with E-state index in [1.54, 1.807) is 11.8 Å². The average Bonchev–Trinajstić information content (AvgIpc) is 3.00. The molecule has 0 saturated carbocycles. The molecule has 0 unspecified atom stereocenters. The number of thioether (sulfide) groups is 1. The van der Waals surface area contributed by atoms with Crippen molar-refractivity contribution in [3.05, 3.63) is 41.3 Å². The number of aromatic nitrogens is 1. The fourth-order valence-corrected chi connectivity index (χ4v) is 4.28. The number of rotatable bonds is 7. The minimum Gasteiger partial charge on any atom is -0.367 e. The second kappa shape index (κ2) is 9.28. The number of hydrogen-bond acceptors (Lipinski definition) is 6. The highest BCUT2D eigenvalue weighted by atomic mass is 32.2. The molecule has 0 bridgehead atoms. The number of anilines is 2. The summed E-state index contributed by atoms with van der Waals surface area (Å²) < 4.78 is 5.17. The number of amides is 1. The van der Waals surface area contributed by atoms with E-state index in [2.05, 4.69) is 33.3 Å². The second-order valence-electron chi connectivity index (χ2n) is 6.78. The van der Waals surface area contributed by atoms with Crippen molar-refractivity contribution in [1.29, 1.82) is 0 Å². The van der Waals surface area contributed by atoms with Crippen LogP contribution in [-0.2, 0) is 10.5 Å². The van der Waals surface area contributed by atoms with E-state index in [1.807, 2.05) is 32.0 Å². The monoisotopic (exact) mass is 388 g/mol. The molecule has 1 saturated heterocycles. The second-order valence-corrected chi connectivity index (χ2v) is 7.77. The van der Waals surface area contributed by atoms with Crippen LogP contribution in [-0.4, -0.2) is 54.4 Å². The van der Waals surface area contributed by atoms with Gasteiger partial charge in [-0.05, 0) is 32.5 Å². The van der Waals surface area contributed by atoms with Crippen LogP contribution in [0.25, 0.3) is 0 Å². The number of para-hydroxylation sites is 2. The van der Waals surface area contributed by atoms with Gasteiger partial charge in [-0.2, -0.15) is 0 Å².